The lowest BCUT2D eigenvalue weighted by Gasteiger charge is -2.17. The lowest BCUT2D eigenvalue weighted by Crippen LogP contribution is -2.16. The molecule has 114 valence electrons. The Hall–Kier alpha value is -1.10. The van der Waals surface area contributed by atoms with E-state index in [-0.39, 0.29) is 6.10 Å². The molecule has 0 bridgehead atoms. The Labute approximate surface area is 122 Å². The Morgan fingerprint density at radius 3 is 2.60 bits per heavy atom. The molecule has 0 saturated heterocycles. The molecule has 0 aliphatic heterocycles. The normalized spacial score (nSPS) is 14.1. The zero-order valence-electron chi connectivity index (χ0n) is 13.2. The lowest BCUT2D eigenvalue weighted by atomic mass is 10.0. The van der Waals surface area contributed by atoms with Crippen molar-refractivity contribution in [2.45, 2.75) is 39.5 Å². The molecule has 1 aromatic carbocycles. The standard InChI is InChI=1S/C16H27NO3/c1-6-19-16-8-7-14(13(3)17-4)9-15(16)11-20-12(2)10-18-5/h7-9,12-13,17H,6,10-11H2,1-5H3. The van der Waals surface area contributed by atoms with Gasteiger partial charge < -0.3 is 19.5 Å². The van der Waals surface area contributed by atoms with Gasteiger partial charge in [-0.2, -0.15) is 0 Å². The van der Waals surface area contributed by atoms with Crippen LogP contribution in [0.25, 0.3) is 0 Å². The number of nitrogens with one attached hydrogen (secondary N) is 1. The zero-order valence-corrected chi connectivity index (χ0v) is 13.2. The first-order valence-electron chi connectivity index (χ1n) is 7.15. The van der Waals surface area contributed by atoms with Gasteiger partial charge in [-0.05, 0) is 45.5 Å². The van der Waals surface area contributed by atoms with Gasteiger partial charge in [-0.25, -0.2) is 0 Å². The van der Waals surface area contributed by atoms with Crippen molar-refractivity contribution in [2.75, 3.05) is 27.4 Å². The third-order valence-electron chi connectivity index (χ3n) is 3.24. The van der Waals surface area contributed by atoms with Crippen molar-refractivity contribution in [1.29, 1.82) is 0 Å². The fraction of sp³-hybridized carbons (Fsp3) is 0.625. The van der Waals surface area contributed by atoms with Gasteiger partial charge in [0.2, 0.25) is 0 Å². The van der Waals surface area contributed by atoms with Crippen LogP contribution < -0.4 is 10.1 Å². The number of benzene rings is 1. The van der Waals surface area contributed by atoms with Gasteiger partial charge in [-0.3, -0.25) is 0 Å². The van der Waals surface area contributed by atoms with E-state index >= 15 is 0 Å². The molecule has 0 radical (unpaired) electrons. The molecular weight excluding hydrogens is 254 g/mol. The highest BCUT2D eigenvalue weighted by atomic mass is 16.5. The van der Waals surface area contributed by atoms with Gasteiger partial charge in [0, 0.05) is 18.7 Å². The number of ether oxygens (including phenoxy) is 3. The molecule has 0 fully saturated rings. The summed E-state index contributed by atoms with van der Waals surface area (Å²) in [6.45, 7) is 7.91. The second-order valence-corrected chi connectivity index (χ2v) is 4.89. The van der Waals surface area contributed by atoms with E-state index in [9.17, 15) is 0 Å². The third-order valence-corrected chi connectivity index (χ3v) is 3.24. The number of hydrogen-bond donors (Lipinski definition) is 1. The molecule has 1 aromatic rings. The number of methoxy groups -OCH3 is 1. The molecule has 1 N–H and O–H groups in total. The molecule has 2 atom stereocenters. The number of hydrogen-bond acceptors (Lipinski definition) is 4. The van der Waals surface area contributed by atoms with E-state index in [1.807, 2.05) is 27.0 Å². The summed E-state index contributed by atoms with van der Waals surface area (Å²) in [5, 5.41) is 3.24. The first-order valence-corrected chi connectivity index (χ1v) is 7.15. The third kappa shape index (κ3) is 5.12. The Balaban J connectivity index is 2.82. The second kappa shape index (κ2) is 8.95. The molecule has 20 heavy (non-hydrogen) atoms. The fourth-order valence-corrected chi connectivity index (χ4v) is 1.96. The highest BCUT2D eigenvalue weighted by Crippen LogP contribution is 2.24. The monoisotopic (exact) mass is 281 g/mol. The molecule has 0 heterocycles. The molecule has 0 aliphatic carbocycles. The molecule has 4 nitrogen and oxygen atoms in total. The van der Waals surface area contributed by atoms with Crippen LogP contribution in [-0.4, -0.2) is 33.5 Å². The molecule has 4 heteroatoms. The average Bonchev–Trinajstić information content (AvgIpc) is 2.46. The van der Waals surface area contributed by atoms with Crippen molar-refractivity contribution in [1.82, 2.24) is 5.32 Å². The summed E-state index contributed by atoms with van der Waals surface area (Å²) < 4.78 is 16.5. The fourth-order valence-electron chi connectivity index (χ4n) is 1.96. The van der Waals surface area contributed by atoms with Gasteiger partial charge in [0.05, 0.1) is 25.9 Å². The summed E-state index contributed by atoms with van der Waals surface area (Å²) in [5.41, 5.74) is 2.31. The summed E-state index contributed by atoms with van der Waals surface area (Å²) in [7, 11) is 3.64. The summed E-state index contributed by atoms with van der Waals surface area (Å²) in [4.78, 5) is 0. The molecular formula is C16H27NO3. The first-order chi connectivity index (χ1) is 9.62. The van der Waals surface area contributed by atoms with Crippen molar-refractivity contribution in [2.24, 2.45) is 0 Å². The molecule has 2 unspecified atom stereocenters. The van der Waals surface area contributed by atoms with Crippen molar-refractivity contribution in [3.63, 3.8) is 0 Å². The molecule has 1 rings (SSSR count). The summed E-state index contributed by atoms with van der Waals surface area (Å²) in [5.74, 6) is 0.893. The Morgan fingerprint density at radius 2 is 2.00 bits per heavy atom. The van der Waals surface area contributed by atoms with E-state index in [1.165, 1.54) is 5.56 Å². The molecule has 0 aromatic heterocycles. The summed E-state index contributed by atoms with van der Waals surface area (Å²) in [6.07, 6.45) is 0.0693. The van der Waals surface area contributed by atoms with E-state index in [4.69, 9.17) is 14.2 Å². The highest BCUT2D eigenvalue weighted by Gasteiger charge is 2.10. The highest BCUT2D eigenvalue weighted by molar-refractivity contribution is 5.38. The van der Waals surface area contributed by atoms with Crippen LogP contribution in [0.15, 0.2) is 18.2 Å². The smallest absolute Gasteiger partial charge is 0.124 e. The van der Waals surface area contributed by atoms with E-state index < -0.39 is 0 Å². The molecule has 0 spiro atoms. The minimum Gasteiger partial charge on any atom is -0.494 e. The van der Waals surface area contributed by atoms with Gasteiger partial charge in [0.1, 0.15) is 5.75 Å². The van der Waals surface area contributed by atoms with Crippen LogP contribution in [0.1, 0.15) is 37.9 Å². The van der Waals surface area contributed by atoms with Crippen molar-refractivity contribution >= 4 is 0 Å². The maximum Gasteiger partial charge on any atom is 0.124 e. The van der Waals surface area contributed by atoms with E-state index in [0.29, 0.717) is 25.9 Å². The summed E-state index contributed by atoms with van der Waals surface area (Å²) in [6, 6.07) is 6.56. The Morgan fingerprint density at radius 1 is 1.25 bits per heavy atom. The van der Waals surface area contributed by atoms with Crippen LogP contribution in [0.4, 0.5) is 0 Å². The van der Waals surface area contributed by atoms with Crippen molar-refractivity contribution < 1.29 is 14.2 Å². The van der Waals surface area contributed by atoms with Gasteiger partial charge in [-0.15, -0.1) is 0 Å². The van der Waals surface area contributed by atoms with E-state index in [1.54, 1.807) is 7.11 Å². The van der Waals surface area contributed by atoms with E-state index in [2.05, 4.69) is 24.4 Å². The van der Waals surface area contributed by atoms with Crippen LogP contribution in [0, 0.1) is 0 Å². The van der Waals surface area contributed by atoms with E-state index in [0.717, 1.165) is 11.3 Å². The minimum absolute atomic E-state index is 0.0693. The van der Waals surface area contributed by atoms with Gasteiger partial charge in [0.15, 0.2) is 0 Å². The molecule has 0 amide bonds. The second-order valence-electron chi connectivity index (χ2n) is 4.89. The van der Waals surface area contributed by atoms with Crippen LogP contribution in [0.3, 0.4) is 0 Å². The van der Waals surface area contributed by atoms with Crippen molar-refractivity contribution in [3.8, 4) is 5.75 Å². The average molecular weight is 281 g/mol. The van der Waals surface area contributed by atoms with Crippen molar-refractivity contribution in [3.05, 3.63) is 29.3 Å². The topological polar surface area (TPSA) is 39.7 Å². The van der Waals surface area contributed by atoms with Gasteiger partial charge in [-0.1, -0.05) is 6.07 Å². The minimum atomic E-state index is 0.0693. The number of rotatable bonds is 9. The zero-order chi connectivity index (χ0) is 15.0. The lowest BCUT2D eigenvalue weighted by molar-refractivity contribution is -0.000877. The predicted octanol–water partition coefficient (Wildman–Crippen LogP) is 2.92. The van der Waals surface area contributed by atoms with Gasteiger partial charge in [0.25, 0.3) is 0 Å². The summed E-state index contributed by atoms with van der Waals surface area (Å²) >= 11 is 0. The quantitative estimate of drug-likeness (QED) is 0.755. The molecule has 0 aliphatic rings. The predicted molar refractivity (Wildman–Crippen MR) is 81.2 cm³/mol. The largest absolute Gasteiger partial charge is 0.494 e. The van der Waals surface area contributed by atoms with Gasteiger partial charge >= 0.3 is 0 Å². The van der Waals surface area contributed by atoms with Crippen LogP contribution >= 0.6 is 0 Å². The SMILES string of the molecule is CCOc1ccc(C(C)NC)cc1COC(C)COC. The van der Waals surface area contributed by atoms with Crippen LogP contribution in [-0.2, 0) is 16.1 Å². The first kappa shape index (κ1) is 17.0. The Kier molecular flexibility index (Phi) is 7.59. The maximum atomic E-state index is 5.80. The maximum absolute atomic E-state index is 5.80. The Bertz CT molecular complexity index is 395. The molecule has 0 saturated carbocycles. The van der Waals surface area contributed by atoms with Crippen LogP contribution in [0.2, 0.25) is 0 Å². The van der Waals surface area contributed by atoms with Crippen LogP contribution in [0.5, 0.6) is 5.75 Å².